The van der Waals surface area contributed by atoms with Crippen molar-refractivity contribution in [1.29, 1.82) is 0 Å². The minimum atomic E-state index is -0.863. The normalized spacial score (nSPS) is 14.4. The summed E-state index contributed by atoms with van der Waals surface area (Å²) in [6.07, 6.45) is 0.512. The van der Waals surface area contributed by atoms with Gasteiger partial charge in [0.15, 0.2) is 0 Å². The van der Waals surface area contributed by atoms with Crippen LogP contribution in [0.25, 0.3) is 0 Å². The second-order valence-corrected chi connectivity index (χ2v) is 4.62. The molecule has 2 N–H and O–H groups in total. The van der Waals surface area contributed by atoms with Crippen molar-refractivity contribution in [2.45, 2.75) is 32.4 Å². The molecule has 5 heteroatoms. The van der Waals surface area contributed by atoms with Crippen molar-refractivity contribution >= 4 is 29.2 Å². The Balaban J connectivity index is 2.86. The molecular formula is C12H15Cl2NO2. The van der Waals surface area contributed by atoms with Gasteiger partial charge in [-0.05, 0) is 25.0 Å². The molecule has 1 aromatic rings. The number of aliphatic carboxylic acids is 1. The van der Waals surface area contributed by atoms with Gasteiger partial charge >= 0.3 is 5.97 Å². The van der Waals surface area contributed by atoms with Crippen molar-refractivity contribution in [3.8, 4) is 0 Å². The van der Waals surface area contributed by atoms with E-state index in [0.29, 0.717) is 16.5 Å². The molecular weight excluding hydrogens is 261 g/mol. The summed E-state index contributed by atoms with van der Waals surface area (Å²) >= 11 is 12.0. The maximum Gasteiger partial charge on any atom is 0.320 e. The maximum absolute atomic E-state index is 10.9. The fourth-order valence-corrected chi connectivity index (χ4v) is 2.08. The third kappa shape index (κ3) is 3.60. The van der Waals surface area contributed by atoms with Crippen molar-refractivity contribution in [2.24, 2.45) is 0 Å². The highest BCUT2D eigenvalue weighted by Crippen LogP contribution is 2.29. The lowest BCUT2D eigenvalue weighted by atomic mass is 10.1. The van der Waals surface area contributed by atoms with Crippen molar-refractivity contribution in [3.63, 3.8) is 0 Å². The van der Waals surface area contributed by atoms with Crippen LogP contribution < -0.4 is 5.32 Å². The number of carbonyl (C=O) groups is 1. The average molecular weight is 276 g/mol. The molecule has 0 aliphatic carbocycles. The zero-order chi connectivity index (χ0) is 13.0. The number of rotatable bonds is 5. The van der Waals surface area contributed by atoms with Gasteiger partial charge in [-0.1, -0.05) is 42.3 Å². The van der Waals surface area contributed by atoms with Crippen LogP contribution in [-0.4, -0.2) is 17.1 Å². The van der Waals surface area contributed by atoms with Crippen LogP contribution in [0.15, 0.2) is 18.2 Å². The number of benzene rings is 1. The minimum absolute atomic E-state index is 0.165. The predicted octanol–water partition coefficient (Wildman–Crippen LogP) is 3.51. The molecule has 0 bridgehead atoms. The predicted molar refractivity (Wildman–Crippen MR) is 69.7 cm³/mol. The van der Waals surface area contributed by atoms with Gasteiger partial charge in [-0.15, -0.1) is 0 Å². The fraction of sp³-hybridized carbons (Fsp3) is 0.417. The third-order valence-corrected chi connectivity index (χ3v) is 3.44. The SMILES string of the molecule is CCC(NC(C)c1cccc(Cl)c1Cl)C(=O)O. The Bertz CT molecular complexity index is 409. The van der Waals surface area contributed by atoms with Crippen LogP contribution in [0.2, 0.25) is 10.0 Å². The molecule has 1 aromatic carbocycles. The first-order valence-electron chi connectivity index (χ1n) is 5.40. The van der Waals surface area contributed by atoms with Crippen molar-refractivity contribution in [2.75, 3.05) is 0 Å². The molecule has 0 saturated carbocycles. The molecule has 0 fully saturated rings. The van der Waals surface area contributed by atoms with E-state index in [4.69, 9.17) is 28.3 Å². The molecule has 0 amide bonds. The Morgan fingerprint density at radius 1 is 1.47 bits per heavy atom. The minimum Gasteiger partial charge on any atom is -0.480 e. The van der Waals surface area contributed by atoms with Crippen molar-refractivity contribution < 1.29 is 9.90 Å². The molecule has 94 valence electrons. The fourth-order valence-electron chi connectivity index (χ4n) is 1.61. The third-order valence-electron chi connectivity index (χ3n) is 2.61. The number of carboxylic acid groups (broad SMARTS) is 1. The van der Waals surface area contributed by atoms with Gasteiger partial charge in [-0.2, -0.15) is 0 Å². The van der Waals surface area contributed by atoms with Crippen LogP contribution in [-0.2, 0) is 4.79 Å². The van der Waals surface area contributed by atoms with E-state index in [-0.39, 0.29) is 6.04 Å². The standard InChI is InChI=1S/C12H15Cl2NO2/c1-3-10(12(16)17)15-7(2)8-5-4-6-9(13)11(8)14/h4-7,10,15H,3H2,1-2H3,(H,16,17). The number of carboxylic acids is 1. The smallest absolute Gasteiger partial charge is 0.320 e. The van der Waals surface area contributed by atoms with Gasteiger partial charge in [0.25, 0.3) is 0 Å². The largest absolute Gasteiger partial charge is 0.480 e. The highest BCUT2D eigenvalue weighted by molar-refractivity contribution is 6.42. The lowest BCUT2D eigenvalue weighted by Crippen LogP contribution is -2.37. The monoisotopic (exact) mass is 275 g/mol. The summed E-state index contributed by atoms with van der Waals surface area (Å²) in [5.41, 5.74) is 0.805. The first-order chi connectivity index (χ1) is 7.97. The van der Waals surface area contributed by atoms with E-state index in [1.54, 1.807) is 12.1 Å². The first-order valence-corrected chi connectivity index (χ1v) is 6.15. The van der Waals surface area contributed by atoms with Gasteiger partial charge in [-0.3, -0.25) is 10.1 Å². The number of hydrogen-bond donors (Lipinski definition) is 2. The summed E-state index contributed by atoms with van der Waals surface area (Å²) in [6.45, 7) is 3.68. The molecule has 17 heavy (non-hydrogen) atoms. The number of nitrogens with one attached hydrogen (secondary N) is 1. The Hall–Kier alpha value is -0.770. The van der Waals surface area contributed by atoms with E-state index in [9.17, 15) is 4.79 Å². The topological polar surface area (TPSA) is 49.3 Å². The zero-order valence-electron chi connectivity index (χ0n) is 9.71. The molecule has 2 atom stereocenters. The van der Waals surface area contributed by atoms with Gasteiger partial charge in [0.1, 0.15) is 6.04 Å². The van der Waals surface area contributed by atoms with Gasteiger partial charge in [0.05, 0.1) is 10.0 Å². The first kappa shape index (κ1) is 14.3. The summed E-state index contributed by atoms with van der Waals surface area (Å²) in [5.74, 6) is -0.863. The average Bonchev–Trinajstić information content (AvgIpc) is 2.28. The molecule has 0 radical (unpaired) electrons. The van der Waals surface area contributed by atoms with E-state index in [0.717, 1.165) is 5.56 Å². The molecule has 0 aliphatic heterocycles. The van der Waals surface area contributed by atoms with Gasteiger partial charge in [-0.25, -0.2) is 0 Å². The molecule has 0 spiro atoms. The molecule has 0 aliphatic rings. The Kier molecular flexibility index (Phi) is 5.25. The van der Waals surface area contributed by atoms with Crippen LogP contribution in [0.3, 0.4) is 0 Å². The van der Waals surface area contributed by atoms with Gasteiger partial charge < -0.3 is 5.11 Å². The molecule has 2 unspecified atom stereocenters. The van der Waals surface area contributed by atoms with Crippen molar-refractivity contribution in [3.05, 3.63) is 33.8 Å². The number of halogens is 2. The summed E-state index contributed by atoms with van der Waals surface area (Å²) in [4.78, 5) is 10.9. The number of hydrogen-bond acceptors (Lipinski definition) is 2. The Morgan fingerprint density at radius 3 is 2.65 bits per heavy atom. The molecule has 0 aromatic heterocycles. The quantitative estimate of drug-likeness (QED) is 0.865. The Morgan fingerprint density at radius 2 is 2.12 bits per heavy atom. The second kappa shape index (κ2) is 6.24. The van der Waals surface area contributed by atoms with E-state index in [1.165, 1.54) is 0 Å². The summed E-state index contributed by atoms with van der Waals surface area (Å²) in [7, 11) is 0. The van der Waals surface area contributed by atoms with Gasteiger partial charge in [0, 0.05) is 6.04 Å². The van der Waals surface area contributed by atoms with Crippen molar-refractivity contribution in [1.82, 2.24) is 5.32 Å². The maximum atomic E-state index is 10.9. The molecule has 1 rings (SSSR count). The highest BCUT2D eigenvalue weighted by Gasteiger charge is 2.19. The van der Waals surface area contributed by atoms with E-state index >= 15 is 0 Å². The van der Waals surface area contributed by atoms with Crippen LogP contribution in [0.5, 0.6) is 0 Å². The lowest BCUT2D eigenvalue weighted by Gasteiger charge is -2.20. The second-order valence-electron chi connectivity index (χ2n) is 3.83. The Labute approximate surface area is 111 Å². The van der Waals surface area contributed by atoms with Crippen LogP contribution in [0.4, 0.5) is 0 Å². The van der Waals surface area contributed by atoms with E-state index < -0.39 is 12.0 Å². The van der Waals surface area contributed by atoms with Crippen LogP contribution in [0.1, 0.15) is 31.9 Å². The summed E-state index contributed by atoms with van der Waals surface area (Å²) in [6, 6.07) is 4.58. The molecule has 0 heterocycles. The van der Waals surface area contributed by atoms with E-state index in [2.05, 4.69) is 5.32 Å². The highest BCUT2D eigenvalue weighted by atomic mass is 35.5. The van der Waals surface area contributed by atoms with Crippen LogP contribution in [0, 0.1) is 0 Å². The molecule has 0 saturated heterocycles. The van der Waals surface area contributed by atoms with E-state index in [1.807, 2.05) is 19.9 Å². The summed E-state index contributed by atoms with van der Waals surface area (Å²) < 4.78 is 0. The van der Waals surface area contributed by atoms with Gasteiger partial charge in [0.2, 0.25) is 0 Å². The summed E-state index contributed by atoms with van der Waals surface area (Å²) in [5, 5.41) is 12.9. The lowest BCUT2D eigenvalue weighted by molar-refractivity contribution is -0.139. The molecule has 3 nitrogen and oxygen atoms in total. The zero-order valence-corrected chi connectivity index (χ0v) is 11.2. The van der Waals surface area contributed by atoms with Crippen LogP contribution >= 0.6 is 23.2 Å².